The average Bonchev–Trinajstić information content (AvgIpc) is 3.41. The number of oxazole rings is 1. The normalized spacial score (nSPS) is 12.3. The van der Waals surface area contributed by atoms with Crippen LogP contribution < -0.4 is 5.32 Å². The van der Waals surface area contributed by atoms with E-state index in [2.05, 4.69) is 30.2 Å². The maximum atomic E-state index is 12.6. The van der Waals surface area contributed by atoms with Gasteiger partial charge in [0.05, 0.1) is 11.6 Å². The van der Waals surface area contributed by atoms with Gasteiger partial charge in [0.2, 0.25) is 11.8 Å². The molecule has 0 fully saturated rings. The topological polar surface area (TPSA) is 110 Å². The first kappa shape index (κ1) is 18.3. The number of aromatic nitrogens is 5. The second kappa shape index (κ2) is 7.60. The second-order valence-electron chi connectivity index (χ2n) is 6.59. The number of hydrogen-bond acceptors (Lipinski definition) is 7. The van der Waals surface area contributed by atoms with Gasteiger partial charge in [0.1, 0.15) is 22.4 Å². The van der Waals surface area contributed by atoms with E-state index in [-0.39, 0.29) is 11.2 Å². The van der Waals surface area contributed by atoms with Gasteiger partial charge in [-0.1, -0.05) is 23.9 Å². The molecule has 0 aliphatic heterocycles. The van der Waals surface area contributed by atoms with Crippen LogP contribution in [0.4, 0.5) is 5.69 Å². The summed E-state index contributed by atoms with van der Waals surface area (Å²) in [5.41, 5.74) is 4.40. The highest BCUT2D eigenvalue weighted by atomic mass is 32.2. The summed E-state index contributed by atoms with van der Waals surface area (Å²) in [5.74, 6) is 0.422. The molecule has 3 aromatic heterocycles. The van der Waals surface area contributed by atoms with Crippen molar-refractivity contribution in [2.24, 2.45) is 0 Å². The molecule has 30 heavy (non-hydrogen) atoms. The van der Waals surface area contributed by atoms with Gasteiger partial charge in [0, 0.05) is 11.3 Å². The standard InChI is InChI=1S/C21H16N6O2S/c1-12(30-21-17-18(23-10-22-17)24-11-25-21)19(28)26-14-8-6-13(7-9-14)20-27-15-4-2-3-5-16(15)29-20/h2-12H,1H3,(H,26,28)(H,22,23,24,25)/t12-/m0/s1. The lowest BCUT2D eigenvalue weighted by Crippen LogP contribution is -2.22. The van der Waals surface area contributed by atoms with E-state index < -0.39 is 0 Å². The third-order valence-electron chi connectivity index (χ3n) is 4.54. The molecule has 5 rings (SSSR count). The molecule has 2 N–H and O–H groups in total. The van der Waals surface area contributed by atoms with Crippen molar-refractivity contribution in [3.63, 3.8) is 0 Å². The Morgan fingerprint density at radius 3 is 2.77 bits per heavy atom. The van der Waals surface area contributed by atoms with E-state index >= 15 is 0 Å². The minimum absolute atomic E-state index is 0.124. The minimum Gasteiger partial charge on any atom is -0.436 e. The van der Waals surface area contributed by atoms with Crippen molar-refractivity contribution in [2.75, 3.05) is 5.32 Å². The quantitative estimate of drug-likeness (QED) is 0.325. The fourth-order valence-corrected chi connectivity index (χ4v) is 3.87. The van der Waals surface area contributed by atoms with Crippen molar-refractivity contribution in [1.82, 2.24) is 24.9 Å². The summed E-state index contributed by atoms with van der Waals surface area (Å²) in [4.78, 5) is 32.6. The smallest absolute Gasteiger partial charge is 0.237 e. The van der Waals surface area contributed by atoms with Gasteiger partial charge in [-0.25, -0.2) is 19.9 Å². The molecular weight excluding hydrogens is 400 g/mol. The molecule has 0 unspecified atom stereocenters. The first-order valence-electron chi connectivity index (χ1n) is 9.25. The molecule has 0 spiro atoms. The summed E-state index contributed by atoms with van der Waals surface area (Å²) in [6, 6.07) is 15.0. The number of carbonyl (C=O) groups excluding carboxylic acids is 1. The molecule has 0 bridgehead atoms. The number of imidazole rings is 1. The molecule has 8 nitrogen and oxygen atoms in total. The minimum atomic E-state index is -0.358. The number of nitrogens with zero attached hydrogens (tertiary/aromatic N) is 4. The van der Waals surface area contributed by atoms with Crippen molar-refractivity contribution in [1.29, 1.82) is 0 Å². The van der Waals surface area contributed by atoms with Gasteiger partial charge in [-0.2, -0.15) is 0 Å². The Balaban J connectivity index is 1.28. The molecule has 0 saturated carbocycles. The Bertz CT molecular complexity index is 1310. The van der Waals surface area contributed by atoms with Crippen LogP contribution in [0.3, 0.4) is 0 Å². The third kappa shape index (κ3) is 3.50. The number of nitrogens with one attached hydrogen (secondary N) is 2. The molecule has 5 aromatic rings. The van der Waals surface area contributed by atoms with Gasteiger partial charge in [-0.15, -0.1) is 0 Å². The van der Waals surface area contributed by atoms with E-state index in [0.29, 0.717) is 22.3 Å². The lowest BCUT2D eigenvalue weighted by Gasteiger charge is -2.12. The fraction of sp³-hybridized carbons (Fsp3) is 0.0952. The molecule has 2 aromatic carbocycles. The highest BCUT2D eigenvalue weighted by molar-refractivity contribution is 8.00. The van der Waals surface area contributed by atoms with Gasteiger partial charge < -0.3 is 14.7 Å². The zero-order valence-electron chi connectivity index (χ0n) is 15.9. The van der Waals surface area contributed by atoms with Crippen LogP contribution in [-0.4, -0.2) is 36.1 Å². The number of fused-ring (bicyclic) bond motifs is 2. The number of benzene rings is 2. The lowest BCUT2D eigenvalue weighted by molar-refractivity contribution is -0.115. The first-order chi connectivity index (χ1) is 14.7. The third-order valence-corrected chi connectivity index (χ3v) is 5.64. The zero-order chi connectivity index (χ0) is 20.5. The summed E-state index contributed by atoms with van der Waals surface area (Å²) < 4.78 is 5.79. The second-order valence-corrected chi connectivity index (χ2v) is 7.92. The summed E-state index contributed by atoms with van der Waals surface area (Å²) in [7, 11) is 0. The number of anilines is 1. The van der Waals surface area contributed by atoms with Gasteiger partial charge in [0.15, 0.2) is 11.2 Å². The van der Waals surface area contributed by atoms with Crippen molar-refractivity contribution in [3.05, 3.63) is 61.2 Å². The van der Waals surface area contributed by atoms with Crippen LogP contribution in [0, 0.1) is 0 Å². The molecule has 0 radical (unpaired) electrons. The molecule has 0 saturated heterocycles. The number of hydrogen-bond donors (Lipinski definition) is 2. The van der Waals surface area contributed by atoms with E-state index in [1.807, 2.05) is 55.5 Å². The number of carbonyl (C=O) groups is 1. The molecule has 1 amide bonds. The predicted octanol–water partition coefficient (Wildman–Crippen LogP) is 4.28. The molecule has 0 aliphatic rings. The van der Waals surface area contributed by atoms with Crippen LogP contribution in [-0.2, 0) is 4.79 Å². The van der Waals surface area contributed by atoms with E-state index in [9.17, 15) is 4.79 Å². The van der Waals surface area contributed by atoms with Gasteiger partial charge in [0.25, 0.3) is 0 Å². The van der Waals surface area contributed by atoms with E-state index in [4.69, 9.17) is 4.42 Å². The van der Waals surface area contributed by atoms with Crippen LogP contribution in [0.2, 0.25) is 0 Å². The highest BCUT2D eigenvalue weighted by Crippen LogP contribution is 2.28. The predicted molar refractivity (Wildman–Crippen MR) is 115 cm³/mol. The molecule has 148 valence electrons. The number of H-pyrrole nitrogens is 1. The number of aromatic amines is 1. The molecule has 0 aliphatic carbocycles. The summed E-state index contributed by atoms with van der Waals surface area (Å²) in [6.45, 7) is 1.83. The number of thioether (sulfide) groups is 1. The van der Waals surface area contributed by atoms with Crippen LogP contribution >= 0.6 is 11.8 Å². The van der Waals surface area contributed by atoms with Gasteiger partial charge in [-0.05, 0) is 43.3 Å². The maximum absolute atomic E-state index is 12.6. The molecule has 9 heteroatoms. The monoisotopic (exact) mass is 416 g/mol. The van der Waals surface area contributed by atoms with Gasteiger partial charge in [-0.3, -0.25) is 4.79 Å². The first-order valence-corrected chi connectivity index (χ1v) is 10.1. The molecule has 1 atom stereocenters. The Morgan fingerprint density at radius 1 is 1.10 bits per heavy atom. The Labute approximate surface area is 175 Å². The lowest BCUT2D eigenvalue weighted by atomic mass is 10.2. The average molecular weight is 416 g/mol. The molecule has 3 heterocycles. The Hall–Kier alpha value is -3.72. The summed E-state index contributed by atoms with van der Waals surface area (Å²) in [5, 5.41) is 3.26. The SMILES string of the molecule is C[C@H](Sc1ncnc2nc[nH]c12)C(=O)Nc1ccc(-c2nc3ccccc3o2)cc1. The van der Waals surface area contributed by atoms with Crippen LogP contribution in [0.25, 0.3) is 33.7 Å². The number of para-hydroxylation sites is 2. The summed E-state index contributed by atoms with van der Waals surface area (Å²) in [6.07, 6.45) is 3.01. The largest absolute Gasteiger partial charge is 0.436 e. The number of amides is 1. The zero-order valence-corrected chi connectivity index (χ0v) is 16.7. The molecular formula is C21H16N6O2S. The van der Waals surface area contributed by atoms with Crippen molar-refractivity contribution >= 4 is 45.6 Å². The van der Waals surface area contributed by atoms with Crippen molar-refractivity contribution in [3.8, 4) is 11.5 Å². The van der Waals surface area contributed by atoms with E-state index in [0.717, 1.165) is 22.2 Å². The number of rotatable bonds is 5. The van der Waals surface area contributed by atoms with E-state index in [1.54, 1.807) is 6.33 Å². The van der Waals surface area contributed by atoms with Crippen LogP contribution in [0.1, 0.15) is 6.92 Å². The van der Waals surface area contributed by atoms with E-state index in [1.165, 1.54) is 18.1 Å². The Morgan fingerprint density at radius 2 is 1.93 bits per heavy atom. The highest BCUT2D eigenvalue weighted by Gasteiger charge is 2.18. The van der Waals surface area contributed by atoms with Crippen molar-refractivity contribution < 1.29 is 9.21 Å². The van der Waals surface area contributed by atoms with Crippen molar-refractivity contribution in [2.45, 2.75) is 17.2 Å². The van der Waals surface area contributed by atoms with Crippen LogP contribution in [0.15, 0.2) is 70.6 Å². The summed E-state index contributed by atoms with van der Waals surface area (Å²) >= 11 is 1.35. The van der Waals surface area contributed by atoms with Crippen LogP contribution in [0.5, 0.6) is 0 Å². The fourth-order valence-electron chi connectivity index (χ4n) is 2.99. The van der Waals surface area contributed by atoms with Gasteiger partial charge >= 0.3 is 0 Å². The maximum Gasteiger partial charge on any atom is 0.237 e. The Kier molecular flexibility index (Phi) is 4.64.